The van der Waals surface area contributed by atoms with Crippen LogP contribution in [-0.4, -0.2) is 27.2 Å². The van der Waals surface area contributed by atoms with E-state index in [1.807, 2.05) is 5.43 Å². The summed E-state index contributed by atoms with van der Waals surface area (Å²) in [6.07, 6.45) is 0.995. The van der Waals surface area contributed by atoms with Crippen molar-refractivity contribution >= 4 is 33.8 Å². The lowest BCUT2D eigenvalue weighted by atomic mass is 10.2. The third-order valence-electron chi connectivity index (χ3n) is 1.85. The van der Waals surface area contributed by atoms with Crippen LogP contribution in [0.3, 0.4) is 0 Å². The van der Waals surface area contributed by atoms with Gasteiger partial charge in [-0.1, -0.05) is 15.9 Å². The van der Waals surface area contributed by atoms with Gasteiger partial charge in [-0.25, -0.2) is 15.5 Å². The van der Waals surface area contributed by atoms with Gasteiger partial charge in [-0.3, -0.25) is 10.1 Å². The smallest absolute Gasteiger partial charge is 0.312 e. The van der Waals surface area contributed by atoms with Crippen molar-refractivity contribution in [2.45, 2.75) is 0 Å². The summed E-state index contributed by atoms with van der Waals surface area (Å²) >= 11 is 3.03. The minimum atomic E-state index is -1.03. The van der Waals surface area contributed by atoms with E-state index in [-0.39, 0.29) is 5.56 Å². The highest BCUT2D eigenvalue weighted by Gasteiger charge is 2.17. The van der Waals surface area contributed by atoms with Crippen LogP contribution in [0, 0.1) is 20.2 Å². The summed E-state index contributed by atoms with van der Waals surface area (Å²) in [5.74, 6) is -1.19. The SMILES string of the molecule is N/C(=N\[N+](=O)[O-])N/N=C\c1cc(Br)cc([N+](=O)[O-])c1O. The number of aromatic hydroxyl groups is 1. The molecule has 0 unspecified atom stereocenters. The number of hydrazone groups is 2. The molecule has 4 N–H and O–H groups in total. The van der Waals surface area contributed by atoms with E-state index in [4.69, 9.17) is 5.73 Å². The highest BCUT2D eigenvalue weighted by Crippen LogP contribution is 2.32. The zero-order valence-corrected chi connectivity index (χ0v) is 11.1. The first kappa shape index (κ1) is 15.3. The number of nitrogens with two attached hydrogens (primary N) is 1. The summed E-state index contributed by atoms with van der Waals surface area (Å²) in [4.78, 5) is 19.9. The van der Waals surface area contributed by atoms with Crippen molar-refractivity contribution in [3.05, 3.63) is 42.4 Å². The maximum atomic E-state index is 10.7. The van der Waals surface area contributed by atoms with Crippen LogP contribution >= 0.6 is 15.9 Å². The predicted molar refractivity (Wildman–Crippen MR) is 71.8 cm³/mol. The molecule has 11 nitrogen and oxygen atoms in total. The second-order valence-corrected chi connectivity index (χ2v) is 4.13. The lowest BCUT2D eigenvalue weighted by Crippen LogP contribution is -2.28. The Morgan fingerprint density at radius 2 is 2.10 bits per heavy atom. The van der Waals surface area contributed by atoms with Crippen LogP contribution < -0.4 is 11.2 Å². The number of nitrogens with one attached hydrogen (secondary N) is 1. The molecular formula is C8H7BrN6O5. The number of nitrogens with zero attached hydrogens (tertiary/aromatic N) is 4. The molecular weight excluding hydrogens is 340 g/mol. The lowest BCUT2D eigenvalue weighted by Gasteiger charge is -2.01. The molecule has 20 heavy (non-hydrogen) atoms. The van der Waals surface area contributed by atoms with Crippen LogP contribution in [0.15, 0.2) is 26.8 Å². The van der Waals surface area contributed by atoms with Gasteiger partial charge >= 0.3 is 5.69 Å². The second-order valence-electron chi connectivity index (χ2n) is 3.21. The predicted octanol–water partition coefficient (Wildman–Crippen LogP) is 0.493. The Labute approximate surface area is 119 Å². The number of halogens is 1. The van der Waals surface area contributed by atoms with Crippen molar-refractivity contribution in [1.29, 1.82) is 0 Å². The van der Waals surface area contributed by atoms with Gasteiger partial charge in [0.15, 0.2) is 5.03 Å². The summed E-state index contributed by atoms with van der Waals surface area (Å²) in [5, 5.41) is 35.4. The molecule has 0 bridgehead atoms. The second kappa shape index (κ2) is 6.42. The molecule has 0 saturated heterocycles. The number of rotatable bonds is 4. The fourth-order valence-corrected chi connectivity index (χ4v) is 1.58. The van der Waals surface area contributed by atoms with Gasteiger partial charge in [-0.2, -0.15) is 5.10 Å². The van der Waals surface area contributed by atoms with Gasteiger partial charge < -0.3 is 10.8 Å². The number of phenolic OH excluding ortho intramolecular Hbond substituents is 1. The average molecular weight is 347 g/mol. The quantitative estimate of drug-likeness (QED) is 0.308. The molecule has 1 aromatic carbocycles. The molecule has 1 rings (SSSR count). The zero-order chi connectivity index (χ0) is 15.3. The van der Waals surface area contributed by atoms with Gasteiger partial charge in [-0.05, 0) is 6.07 Å². The highest BCUT2D eigenvalue weighted by atomic mass is 79.9. The summed E-state index contributed by atoms with van der Waals surface area (Å²) in [7, 11) is 0. The number of benzene rings is 1. The normalized spacial score (nSPS) is 11.6. The van der Waals surface area contributed by atoms with Crippen molar-refractivity contribution < 1.29 is 15.1 Å². The minimum Gasteiger partial charge on any atom is -0.502 e. The van der Waals surface area contributed by atoms with Gasteiger partial charge in [0.05, 0.1) is 11.1 Å². The van der Waals surface area contributed by atoms with Gasteiger partial charge in [-0.15, -0.1) is 0 Å². The molecule has 0 aliphatic rings. The first-order chi connectivity index (χ1) is 9.31. The maximum Gasteiger partial charge on any atom is 0.312 e. The summed E-state index contributed by atoms with van der Waals surface area (Å²) in [6, 6.07) is 2.47. The van der Waals surface area contributed by atoms with Crippen molar-refractivity contribution in [3.8, 4) is 5.75 Å². The number of nitro benzene ring substituents is 1. The van der Waals surface area contributed by atoms with Crippen molar-refractivity contribution in [3.63, 3.8) is 0 Å². The number of hydrogen-bond acceptors (Lipinski definition) is 6. The third-order valence-corrected chi connectivity index (χ3v) is 2.31. The molecule has 0 spiro atoms. The number of phenols is 1. The van der Waals surface area contributed by atoms with E-state index >= 15 is 0 Å². The number of hydrogen-bond donors (Lipinski definition) is 3. The lowest BCUT2D eigenvalue weighted by molar-refractivity contribution is -0.485. The molecule has 106 valence electrons. The van der Waals surface area contributed by atoms with Crippen molar-refractivity contribution in [1.82, 2.24) is 5.43 Å². The average Bonchev–Trinajstić information content (AvgIpc) is 2.31. The molecule has 0 radical (unpaired) electrons. The van der Waals surface area contributed by atoms with E-state index in [1.54, 1.807) is 0 Å². The molecule has 0 aliphatic carbocycles. The molecule has 12 heteroatoms. The van der Waals surface area contributed by atoms with Crippen molar-refractivity contribution in [2.24, 2.45) is 15.9 Å². The first-order valence-corrected chi connectivity index (χ1v) is 5.55. The standard InChI is InChI=1S/C8H7BrN6O5/c9-5-1-4(7(16)6(2-5)14(17)18)3-11-12-8(10)13-15(19)20/h1-3,16H,(H3,10,12,13)/b11-3-. The maximum absolute atomic E-state index is 10.7. The van der Waals surface area contributed by atoms with Gasteiger partial charge in [0.1, 0.15) is 5.10 Å². The van der Waals surface area contributed by atoms with Crippen LogP contribution in [0.25, 0.3) is 0 Å². The monoisotopic (exact) mass is 346 g/mol. The van der Waals surface area contributed by atoms with Crippen LogP contribution in [0.1, 0.15) is 5.56 Å². The molecule has 0 aromatic heterocycles. The molecule has 1 aromatic rings. The van der Waals surface area contributed by atoms with Crippen LogP contribution in [0.2, 0.25) is 0 Å². The van der Waals surface area contributed by atoms with Crippen LogP contribution in [0.4, 0.5) is 5.69 Å². The van der Waals surface area contributed by atoms with Gasteiger partial charge in [0.25, 0.3) is 5.96 Å². The summed E-state index contributed by atoms with van der Waals surface area (Å²) in [6.45, 7) is 0. The first-order valence-electron chi connectivity index (χ1n) is 4.75. The summed E-state index contributed by atoms with van der Waals surface area (Å²) in [5.41, 5.74) is 6.59. The van der Waals surface area contributed by atoms with Gasteiger partial charge in [0.2, 0.25) is 5.75 Å². The Bertz CT molecular complexity index is 616. The van der Waals surface area contributed by atoms with Crippen molar-refractivity contribution in [2.75, 3.05) is 0 Å². The molecule has 0 saturated carbocycles. The Kier molecular flexibility index (Phi) is 4.91. The highest BCUT2D eigenvalue weighted by molar-refractivity contribution is 9.10. The largest absolute Gasteiger partial charge is 0.502 e. The minimum absolute atomic E-state index is 0.00692. The third kappa shape index (κ3) is 4.16. The van der Waals surface area contributed by atoms with E-state index in [2.05, 4.69) is 26.1 Å². The number of guanidine groups is 1. The Morgan fingerprint density at radius 3 is 2.65 bits per heavy atom. The zero-order valence-electron chi connectivity index (χ0n) is 9.56. The van der Waals surface area contributed by atoms with E-state index < -0.39 is 27.4 Å². The Hall–Kier alpha value is -2.76. The van der Waals surface area contributed by atoms with Crippen LogP contribution in [0.5, 0.6) is 5.75 Å². The fourth-order valence-electron chi connectivity index (χ4n) is 1.12. The van der Waals surface area contributed by atoms with E-state index in [1.165, 1.54) is 6.07 Å². The van der Waals surface area contributed by atoms with E-state index in [0.717, 1.165) is 12.3 Å². The van der Waals surface area contributed by atoms with E-state index in [0.29, 0.717) is 4.47 Å². The number of nitro groups is 2. The topological polar surface area (TPSA) is 169 Å². The molecule has 0 heterocycles. The Morgan fingerprint density at radius 1 is 1.45 bits per heavy atom. The molecule has 0 fully saturated rings. The van der Waals surface area contributed by atoms with Crippen LogP contribution in [-0.2, 0) is 0 Å². The molecule has 0 aliphatic heterocycles. The van der Waals surface area contributed by atoms with Gasteiger partial charge in [0, 0.05) is 16.1 Å². The molecule has 0 atom stereocenters. The van der Waals surface area contributed by atoms with E-state index in [9.17, 15) is 25.3 Å². The molecule has 0 amide bonds. The summed E-state index contributed by atoms with van der Waals surface area (Å²) < 4.78 is 0.343. The fraction of sp³-hybridized carbons (Fsp3) is 0. The Balaban J connectivity index is 2.98.